The predicted octanol–water partition coefficient (Wildman–Crippen LogP) is 3.87. The molecule has 0 bridgehead atoms. The fourth-order valence-corrected chi connectivity index (χ4v) is 2.66. The fraction of sp³-hybridized carbons (Fsp3) is 0.647. The molecule has 0 saturated carbocycles. The monoisotopic (exact) mass is 312 g/mol. The third-order valence-electron chi connectivity index (χ3n) is 4.05. The maximum atomic E-state index is 6.44. The van der Waals surface area contributed by atoms with Crippen LogP contribution in [-0.4, -0.2) is 32.3 Å². The van der Waals surface area contributed by atoms with Gasteiger partial charge in [0.15, 0.2) is 0 Å². The van der Waals surface area contributed by atoms with E-state index in [0.29, 0.717) is 12.6 Å². The first-order valence-electron chi connectivity index (χ1n) is 7.83. The highest BCUT2D eigenvalue weighted by molar-refractivity contribution is 6.31. The predicted molar refractivity (Wildman–Crippen MR) is 92.4 cm³/mol. The molecule has 0 spiro atoms. The molecule has 1 rings (SSSR count). The van der Waals surface area contributed by atoms with Crippen molar-refractivity contribution in [2.45, 2.75) is 52.1 Å². The number of rotatable bonds is 9. The number of ether oxygens (including phenoxy) is 1. The number of hydrogen-bond acceptors (Lipinski definition) is 3. The summed E-state index contributed by atoms with van der Waals surface area (Å²) in [7, 11) is 1.74. The summed E-state index contributed by atoms with van der Waals surface area (Å²) >= 11 is 6.44. The minimum atomic E-state index is 0.143. The van der Waals surface area contributed by atoms with Gasteiger partial charge in [0.2, 0.25) is 0 Å². The van der Waals surface area contributed by atoms with Gasteiger partial charge < -0.3 is 15.4 Å². The van der Waals surface area contributed by atoms with Crippen LogP contribution in [0.25, 0.3) is 0 Å². The summed E-state index contributed by atoms with van der Waals surface area (Å²) in [4.78, 5) is 2.38. The summed E-state index contributed by atoms with van der Waals surface area (Å²) in [6.07, 6.45) is 2.84. The molecule has 0 fully saturated rings. The van der Waals surface area contributed by atoms with Gasteiger partial charge in [-0.2, -0.15) is 0 Å². The van der Waals surface area contributed by atoms with Gasteiger partial charge in [-0.3, -0.25) is 0 Å². The van der Waals surface area contributed by atoms with Crippen LogP contribution in [0, 0.1) is 0 Å². The number of methoxy groups -OCH3 is 1. The third-order valence-corrected chi connectivity index (χ3v) is 4.41. The second kappa shape index (κ2) is 9.29. The van der Waals surface area contributed by atoms with E-state index in [0.717, 1.165) is 36.4 Å². The summed E-state index contributed by atoms with van der Waals surface area (Å²) < 4.78 is 5.26. The Labute approximate surface area is 134 Å². The van der Waals surface area contributed by atoms with E-state index in [1.807, 2.05) is 12.1 Å². The lowest BCUT2D eigenvalue weighted by Crippen LogP contribution is -2.36. The number of nitrogens with two attached hydrogens (primary N) is 1. The number of halogens is 1. The van der Waals surface area contributed by atoms with Crippen molar-refractivity contribution < 1.29 is 4.74 Å². The first kappa shape index (κ1) is 18.3. The number of benzene rings is 1. The van der Waals surface area contributed by atoms with Gasteiger partial charge >= 0.3 is 0 Å². The Kier molecular flexibility index (Phi) is 8.09. The molecule has 4 heteroatoms. The maximum Gasteiger partial charge on any atom is 0.0637 e. The van der Waals surface area contributed by atoms with Crippen molar-refractivity contribution in [3.8, 4) is 0 Å². The molecule has 0 radical (unpaired) electrons. The highest BCUT2D eigenvalue weighted by atomic mass is 35.5. The second-order valence-corrected chi connectivity index (χ2v) is 5.96. The highest BCUT2D eigenvalue weighted by Gasteiger charge is 2.19. The Bertz CT molecular complexity index is 425. The quantitative estimate of drug-likeness (QED) is 0.752. The Morgan fingerprint density at radius 1 is 1.29 bits per heavy atom. The topological polar surface area (TPSA) is 38.5 Å². The van der Waals surface area contributed by atoms with Crippen molar-refractivity contribution in [1.29, 1.82) is 0 Å². The SMILES string of the molecule is CCC(N)Cc1c(Cl)cccc1N(CCOC)C(C)CC. The molecule has 2 unspecified atom stereocenters. The van der Waals surface area contributed by atoms with E-state index >= 15 is 0 Å². The molecule has 2 N–H and O–H groups in total. The third kappa shape index (κ3) is 5.17. The normalized spacial score (nSPS) is 14.0. The van der Waals surface area contributed by atoms with Gasteiger partial charge in [0.1, 0.15) is 0 Å². The molecule has 3 nitrogen and oxygen atoms in total. The summed E-state index contributed by atoms with van der Waals surface area (Å²) in [5, 5.41) is 0.808. The zero-order valence-electron chi connectivity index (χ0n) is 13.7. The van der Waals surface area contributed by atoms with E-state index in [4.69, 9.17) is 22.1 Å². The lowest BCUT2D eigenvalue weighted by molar-refractivity contribution is 0.203. The van der Waals surface area contributed by atoms with Gasteiger partial charge in [-0.25, -0.2) is 0 Å². The Morgan fingerprint density at radius 3 is 2.57 bits per heavy atom. The van der Waals surface area contributed by atoms with Crippen molar-refractivity contribution >= 4 is 17.3 Å². The van der Waals surface area contributed by atoms with Gasteiger partial charge in [0.25, 0.3) is 0 Å². The van der Waals surface area contributed by atoms with Gasteiger partial charge in [0, 0.05) is 36.4 Å². The lowest BCUT2D eigenvalue weighted by atomic mass is 10.0. The van der Waals surface area contributed by atoms with Crippen LogP contribution >= 0.6 is 11.6 Å². The smallest absolute Gasteiger partial charge is 0.0637 e. The van der Waals surface area contributed by atoms with Crippen LogP contribution in [0.2, 0.25) is 5.02 Å². The zero-order valence-corrected chi connectivity index (χ0v) is 14.5. The number of nitrogens with zero attached hydrogens (tertiary/aromatic N) is 1. The van der Waals surface area contributed by atoms with Crippen molar-refractivity contribution in [3.05, 3.63) is 28.8 Å². The minimum Gasteiger partial charge on any atom is -0.383 e. The van der Waals surface area contributed by atoms with Crippen molar-refractivity contribution in [1.82, 2.24) is 0 Å². The first-order valence-corrected chi connectivity index (χ1v) is 8.21. The summed E-state index contributed by atoms with van der Waals surface area (Å²) in [6, 6.07) is 6.69. The molecular formula is C17H29ClN2O. The van der Waals surface area contributed by atoms with Gasteiger partial charge in [0.05, 0.1) is 6.61 Å². The average molecular weight is 313 g/mol. The standard InChI is InChI=1S/C17H29ClN2O/c1-5-13(3)20(10-11-21-4)17-9-7-8-16(18)15(17)12-14(19)6-2/h7-9,13-14H,5-6,10-12,19H2,1-4H3. The Hall–Kier alpha value is -0.770. The largest absolute Gasteiger partial charge is 0.383 e. The molecule has 2 atom stereocenters. The van der Waals surface area contributed by atoms with E-state index in [9.17, 15) is 0 Å². The maximum absolute atomic E-state index is 6.44. The van der Waals surface area contributed by atoms with Crippen LogP contribution in [0.3, 0.4) is 0 Å². The van der Waals surface area contributed by atoms with Gasteiger partial charge in [-0.05, 0) is 43.9 Å². The summed E-state index contributed by atoms with van der Waals surface area (Å²) in [5.74, 6) is 0. The van der Waals surface area contributed by atoms with Crippen LogP contribution in [0.5, 0.6) is 0 Å². The van der Waals surface area contributed by atoms with Crippen LogP contribution in [0.15, 0.2) is 18.2 Å². The Morgan fingerprint density at radius 2 is 2.00 bits per heavy atom. The van der Waals surface area contributed by atoms with Gasteiger partial charge in [-0.1, -0.05) is 31.5 Å². The molecule has 1 aromatic rings. The molecule has 120 valence electrons. The molecule has 0 aliphatic rings. The molecule has 0 amide bonds. The molecule has 0 heterocycles. The molecular weight excluding hydrogens is 284 g/mol. The van der Waals surface area contributed by atoms with E-state index in [2.05, 4.69) is 31.7 Å². The van der Waals surface area contributed by atoms with E-state index in [1.54, 1.807) is 7.11 Å². The minimum absolute atomic E-state index is 0.143. The molecule has 1 aromatic carbocycles. The summed E-state index contributed by atoms with van der Waals surface area (Å²) in [5.41, 5.74) is 8.50. The van der Waals surface area contributed by atoms with E-state index in [1.165, 1.54) is 5.69 Å². The summed E-state index contributed by atoms with van der Waals surface area (Å²) in [6.45, 7) is 8.11. The molecule has 0 aromatic heterocycles. The number of hydrogen-bond donors (Lipinski definition) is 1. The van der Waals surface area contributed by atoms with Crippen LogP contribution in [0.1, 0.15) is 39.2 Å². The van der Waals surface area contributed by atoms with Crippen LogP contribution in [-0.2, 0) is 11.2 Å². The van der Waals surface area contributed by atoms with Crippen molar-refractivity contribution in [2.75, 3.05) is 25.2 Å². The molecule has 21 heavy (non-hydrogen) atoms. The molecule has 0 aliphatic carbocycles. The lowest BCUT2D eigenvalue weighted by Gasteiger charge is -2.33. The van der Waals surface area contributed by atoms with Crippen LogP contribution in [0.4, 0.5) is 5.69 Å². The average Bonchev–Trinajstić information content (AvgIpc) is 2.49. The van der Waals surface area contributed by atoms with Gasteiger partial charge in [-0.15, -0.1) is 0 Å². The zero-order chi connectivity index (χ0) is 15.8. The fourth-order valence-electron chi connectivity index (χ4n) is 2.41. The molecule has 0 aliphatic heterocycles. The molecule has 0 saturated heterocycles. The van der Waals surface area contributed by atoms with Crippen molar-refractivity contribution in [3.63, 3.8) is 0 Å². The highest BCUT2D eigenvalue weighted by Crippen LogP contribution is 2.30. The van der Waals surface area contributed by atoms with Crippen molar-refractivity contribution in [2.24, 2.45) is 5.73 Å². The van der Waals surface area contributed by atoms with E-state index < -0.39 is 0 Å². The van der Waals surface area contributed by atoms with E-state index in [-0.39, 0.29) is 6.04 Å². The van der Waals surface area contributed by atoms with Crippen LogP contribution < -0.4 is 10.6 Å². The second-order valence-electron chi connectivity index (χ2n) is 5.55. The number of anilines is 1. The Balaban J connectivity index is 3.13. The first-order chi connectivity index (χ1) is 10.0.